The number of hydrogen-bond acceptors (Lipinski definition) is 4. The monoisotopic (exact) mass is 685 g/mol. The number of benzene rings is 3. The number of hydrogen-bond donors (Lipinski definition) is 1. The summed E-state index contributed by atoms with van der Waals surface area (Å²) < 4.78 is 66.0. The zero-order chi connectivity index (χ0) is 33.2. The zero-order valence-electron chi connectivity index (χ0n) is 25.0. The van der Waals surface area contributed by atoms with E-state index in [1.165, 1.54) is 17.0 Å². The van der Waals surface area contributed by atoms with Crippen molar-refractivity contribution in [2.24, 2.45) is 0 Å². The van der Waals surface area contributed by atoms with E-state index in [0.29, 0.717) is 22.2 Å². The fourth-order valence-corrected chi connectivity index (χ4v) is 6.16. The lowest BCUT2D eigenvalue weighted by molar-refractivity contribution is -0.141. The number of rotatable bonds is 15. The Balaban J connectivity index is 1.91. The summed E-state index contributed by atoms with van der Waals surface area (Å²) in [4.78, 5) is 28.9. The molecule has 1 N–H and O–H groups in total. The third-order valence-electron chi connectivity index (χ3n) is 7.07. The van der Waals surface area contributed by atoms with E-state index in [9.17, 15) is 31.2 Å². The fraction of sp³-hybridized carbons (Fsp3) is 0.375. The van der Waals surface area contributed by atoms with Gasteiger partial charge in [0.05, 0.1) is 17.5 Å². The van der Waals surface area contributed by atoms with Crippen LogP contribution >= 0.6 is 23.2 Å². The maximum absolute atomic E-state index is 13.9. The molecule has 13 heteroatoms. The van der Waals surface area contributed by atoms with Crippen LogP contribution in [0.15, 0.2) is 72.8 Å². The summed E-state index contributed by atoms with van der Waals surface area (Å²) in [6.45, 7) is 2.13. The number of alkyl halides is 3. The molecule has 0 aliphatic carbocycles. The number of amides is 2. The topological polar surface area (TPSA) is 86.8 Å². The van der Waals surface area contributed by atoms with Crippen molar-refractivity contribution in [1.29, 1.82) is 0 Å². The minimum absolute atomic E-state index is 0.0253. The number of nitrogens with zero attached hydrogens (tertiary/aromatic N) is 2. The first-order chi connectivity index (χ1) is 21.2. The van der Waals surface area contributed by atoms with E-state index in [1.807, 2.05) is 37.3 Å². The molecule has 3 aromatic rings. The van der Waals surface area contributed by atoms with Crippen LogP contribution in [0.2, 0.25) is 10.0 Å². The lowest BCUT2D eigenvalue weighted by Gasteiger charge is -2.32. The van der Waals surface area contributed by atoms with Gasteiger partial charge in [0.2, 0.25) is 21.8 Å². The Hall–Kier alpha value is -3.28. The molecule has 3 aromatic carbocycles. The van der Waals surface area contributed by atoms with E-state index in [4.69, 9.17) is 23.2 Å². The molecule has 0 aliphatic heterocycles. The molecule has 0 bridgehead atoms. The smallest absolute Gasteiger partial charge is 0.354 e. The Kier molecular flexibility index (Phi) is 13.1. The largest absolute Gasteiger partial charge is 0.416 e. The van der Waals surface area contributed by atoms with E-state index in [2.05, 4.69) is 5.32 Å². The van der Waals surface area contributed by atoms with Gasteiger partial charge in [0.25, 0.3) is 0 Å². The quantitative estimate of drug-likeness (QED) is 0.173. The summed E-state index contributed by atoms with van der Waals surface area (Å²) in [6, 6.07) is 17.1. The van der Waals surface area contributed by atoms with Crippen molar-refractivity contribution in [1.82, 2.24) is 10.2 Å². The summed E-state index contributed by atoms with van der Waals surface area (Å²) in [5.74, 6) is -0.808. The van der Waals surface area contributed by atoms with Gasteiger partial charge in [-0.3, -0.25) is 13.9 Å². The van der Waals surface area contributed by atoms with Crippen molar-refractivity contribution in [2.75, 3.05) is 23.7 Å². The number of carbonyl (C=O) groups excluding carboxylic acids is 2. The average molecular weight is 687 g/mol. The minimum atomic E-state index is -4.66. The predicted octanol–water partition coefficient (Wildman–Crippen LogP) is 7.11. The van der Waals surface area contributed by atoms with Crippen LogP contribution in [0.5, 0.6) is 0 Å². The highest BCUT2D eigenvalue weighted by molar-refractivity contribution is 7.92. The molecule has 1 atom stereocenters. The third kappa shape index (κ3) is 10.9. The highest BCUT2D eigenvalue weighted by Crippen LogP contribution is 2.32. The van der Waals surface area contributed by atoms with Gasteiger partial charge in [0.15, 0.2) is 0 Å². The zero-order valence-corrected chi connectivity index (χ0v) is 27.3. The lowest BCUT2D eigenvalue weighted by atomic mass is 10.0. The van der Waals surface area contributed by atoms with Crippen molar-refractivity contribution in [3.63, 3.8) is 0 Å². The first-order valence-electron chi connectivity index (χ1n) is 14.4. The average Bonchev–Trinajstić information content (AvgIpc) is 2.97. The molecule has 7 nitrogen and oxygen atoms in total. The molecule has 0 unspecified atom stereocenters. The second kappa shape index (κ2) is 16.3. The van der Waals surface area contributed by atoms with Crippen molar-refractivity contribution in [3.05, 3.63) is 99.5 Å². The van der Waals surface area contributed by atoms with Crippen molar-refractivity contribution < 1.29 is 31.2 Å². The number of anilines is 1. The molecule has 0 saturated carbocycles. The van der Waals surface area contributed by atoms with Gasteiger partial charge in [-0.05, 0) is 54.3 Å². The number of nitrogens with one attached hydrogen (secondary N) is 1. The Morgan fingerprint density at radius 2 is 1.67 bits per heavy atom. The van der Waals surface area contributed by atoms with Gasteiger partial charge in [-0.25, -0.2) is 8.42 Å². The van der Waals surface area contributed by atoms with Crippen LogP contribution in [-0.2, 0) is 38.8 Å². The van der Waals surface area contributed by atoms with E-state index in [0.717, 1.165) is 47.2 Å². The van der Waals surface area contributed by atoms with Crippen molar-refractivity contribution in [2.45, 2.75) is 57.8 Å². The maximum atomic E-state index is 13.9. The first-order valence-corrected chi connectivity index (χ1v) is 17.0. The molecule has 0 heterocycles. The normalized spacial score (nSPS) is 12.4. The molecule has 0 spiro atoms. The molecule has 0 saturated heterocycles. The van der Waals surface area contributed by atoms with Gasteiger partial charge in [-0.1, -0.05) is 79.0 Å². The number of sulfonamides is 1. The van der Waals surface area contributed by atoms with Gasteiger partial charge < -0.3 is 10.2 Å². The summed E-state index contributed by atoms with van der Waals surface area (Å²) in [7, 11) is -3.99. The van der Waals surface area contributed by atoms with Crippen LogP contribution in [0.25, 0.3) is 0 Å². The number of carbonyl (C=O) groups is 2. The molecule has 0 radical (unpaired) electrons. The van der Waals surface area contributed by atoms with Gasteiger partial charge >= 0.3 is 6.18 Å². The van der Waals surface area contributed by atoms with Crippen molar-refractivity contribution in [3.8, 4) is 0 Å². The van der Waals surface area contributed by atoms with Crippen LogP contribution < -0.4 is 9.62 Å². The van der Waals surface area contributed by atoms with Crippen LogP contribution in [-0.4, -0.2) is 50.5 Å². The lowest BCUT2D eigenvalue weighted by Crippen LogP contribution is -2.50. The Morgan fingerprint density at radius 1 is 0.956 bits per heavy atom. The van der Waals surface area contributed by atoms with E-state index in [1.54, 1.807) is 12.1 Å². The van der Waals surface area contributed by atoms with E-state index < -0.39 is 33.7 Å². The molecule has 0 fully saturated rings. The number of unbranched alkanes of at least 4 members (excludes halogenated alkanes) is 1. The highest BCUT2D eigenvalue weighted by atomic mass is 35.5. The van der Waals surface area contributed by atoms with Gasteiger partial charge in [-0.2, -0.15) is 13.2 Å². The summed E-state index contributed by atoms with van der Waals surface area (Å²) >= 11 is 12.5. The fourth-order valence-electron chi connectivity index (χ4n) is 4.73. The molecular formula is C32H36Cl2F3N3O4S. The van der Waals surface area contributed by atoms with Gasteiger partial charge in [0.1, 0.15) is 6.04 Å². The van der Waals surface area contributed by atoms with E-state index >= 15 is 0 Å². The Morgan fingerprint density at radius 3 is 2.29 bits per heavy atom. The summed E-state index contributed by atoms with van der Waals surface area (Å²) in [5, 5.41) is 3.62. The van der Waals surface area contributed by atoms with Crippen LogP contribution in [0, 0.1) is 0 Å². The highest BCUT2D eigenvalue weighted by Gasteiger charge is 2.33. The Labute approximate surface area is 272 Å². The predicted molar refractivity (Wildman–Crippen MR) is 172 cm³/mol. The molecule has 0 aliphatic rings. The minimum Gasteiger partial charge on any atom is -0.354 e. The second-order valence-corrected chi connectivity index (χ2v) is 13.3. The molecule has 2 amide bonds. The first kappa shape index (κ1) is 36.2. The standard InChI is InChI=1S/C32H36Cl2F3N3O4S/c1-3-4-17-38-31(42)29(19-23-10-6-5-7-11-23)39(22-24-15-16-26(33)21-28(24)34)30(41)14-9-18-40(45(2,43)44)27-13-8-12-25(20-27)32(35,36)37/h5-8,10-13,15-16,20-21,29H,3-4,9,14,17-19,22H2,1-2H3,(H,38,42)/t29-/m0/s1. The van der Waals surface area contributed by atoms with E-state index in [-0.39, 0.29) is 43.9 Å². The van der Waals surface area contributed by atoms with Crippen molar-refractivity contribution >= 4 is 50.7 Å². The second-order valence-electron chi connectivity index (χ2n) is 10.6. The summed E-state index contributed by atoms with van der Waals surface area (Å²) in [6.07, 6.45) is -2.18. The molecule has 244 valence electrons. The molecular weight excluding hydrogens is 650 g/mol. The third-order valence-corrected chi connectivity index (χ3v) is 8.85. The molecule has 45 heavy (non-hydrogen) atoms. The van der Waals surface area contributed by atoms with Crippen LogP contribution in [0.4, 0.5) is 18.9 Å². The number of halogens is 5. The molecule has 0 aromatic heterocycles. The summed E-state index contributed by atoms with van der Waals surface area (Å²) in [5.41, 5.74) is 0.215. The molecule has 3 rings (SSSR count). The Bertz CT molecular complexity index is 1560. The van der Waals surface area contributed by atoms with Gasteiger partial charge in [0, 0.05) is 42.5 Å². The maximum Gasteiger partial charge on any atom is 0.416 e. The SMILES string of the molecule is CCCCNC(=O)[C@H](Cc1ccccc1)N(Cc1ccc(Cl)cc1Cl)C(=O)CCCN(c1cccc(C(F)(F)F)c1)S(C)(=O)=O. The van der Waals surface area contributed by atoms with Crippen LogP contribution in [0.3, 0.4) is 0 Å². The van der Waals surface area contributed by atoms with Crippen LogP contribution in [0.1, 0.15) is 49.3 Å². The van der Waals surface area contributed by atoms with Gasteiger partial charge in [-0.15, -0.1) is 0 Å².